The van der Waals surface area contributed by atoms with Crippen LogP contribution in [0.5, 0.6) is 0 Å². The normalized spacial score (nSPS) is 23.0. The van der Waals surface area contributed by atoms with Crippen molar-refractivity contribution in [1.82, 2.24) is 10.2 Å². The number of nitrogens with one attached hydrogen (secondary N) is 1. The zero-order chi connectivity index (χ0) is 13.7. The Morgan fingerprint density at radius 2 is 2.21 bits per heavy atom. The van der Waals surface area contributed by atoms with E-state index in [0.717, 1.165) is 38.2 Å². The first-order valence-corrected chi connectivity index (χ1v) is 7.40. The fraction of sp³-hybridized carbons (Fsp3) is 0.625. The minimum atomic E-state index is -0.0835. The number of nitrogens with zero attached hydrogens (tertiary/aromatic N) is 1. The lowest BCUT2D eigenvalue weighted by atomic mass is 9.99. The molecule has 3 heteroatoms. The second kappa shape index (κ2) is 7.01. The molecule has 1 aromatic carbocycles. The Morgan fingerprint density at radius 1 is 1.42 bits per heavy atom. The summed E-state index contributed by atoms with van der Waals surface area (Å²) in [5.74, 6) is 0.584. The summed E-state index contributed by atoms with van der Waals surface area (Å²) < 4.78 is 13.7. The van der Waals surface area contributed by atoms with E-state index in [-0.39, 0.29) is 5.82 Å². The fourth-order valence-electron chi connectivity index (χ4n) is 2.70. The van der Waals surface area contributed by atoms with Gasteiger partial charge in [-0.1, -0.05) is 38.5 Å². The number of rotatable bonds is 4. The largest absolute Gasteiger partial charge is 0.312 e. The predicted octanol–water partition coefficient (Wildman–Crippen LogP) is 3.04. The van der Waals surface area contributed by atoms with Crippen LogP contribution in [-0.4, -0.2) is 30.6 Å². The van der Waals surface area contributed by atoms with E-state index in [2.05, 4.69) is 24.1 Å². The monoisotopic (exact) mass is 264 g/mol. The third kappa shape index (κ3) is 4.02. The predicted molar refractivity (Wildman–Crippen MR) is 77.5 cm³/mol. The number of hydrogen-bond donors (Lipinski definition) is 1. The molecule has 0 saturated carbocycles. The second-order valence-electron chi connectivity index (χ2n) is 5.63. The van der Waals surface area contributed by atoms with E-state index in [9.17, 15) is 4.39 Å². The summed E-state index contributed by atoms with van der Waals surface area (Å²) in [6.07, 6.45) is 2.33. The Kier molecular flexibility index (Phi) is 5.34. The van der Waals surface area contributed by atoms with Crippen LogP contribution in [0.4, 0.5) is 4.39 Å². The second-order valence-corrected chi connectivity index (χ2v) is 5.63. The summed E-state index contributed by atoms with van der Waals surface area (Å²) in [6.45, 7) is 8.39. The van der Waals surface area contributed by atoms with Crippen molar-refractivity contribution in [2.24, 2.45) is 5.92 Å². The summed E-state index contributed by atoms with van der Waals surface area (Å²) in [5, 5.41) is 3.63. The van der Waals surface area contributed by atoms with Crippen LogP contribution in [0, 0.1) is 11.7 Å². The SMILES string of the molecule is CCC(C)C1CN(Cc2ccccc2F)CCCN1. The van der Waals surface area contributed by atoms with Crippen LogP contribution in [0.15, 0.2) is 24.3 Å². The quantitative estimate of drug-likeness (QED) is 0.899. The summed E-state index contributed by atoms with van der Waals surface area (Å²) in [5.41, 5.74) is 0.812. The molecule has 0 aliphatic carbocycles. The third-order valence-electron chi connectivity index (χ3n) is 4.20. The van der Waals surface area contributed by atoms with Gasteiger partial charge in [-0.3, -0.25) is 4.90 Å². The van der Waals surface area contributed by atoms with Crippen molar-refractivity contribution in [3.63, 3.8) is 0 Å². The maximum Gasteiger partial charge on any atom is 0.127 e. The highest BCUT2D eigenvalue weighted by Crippen LogP contribution is 2.16. The lowest BCUT2D eigenvalue weighted by Crippen LogP contribution is -2.41. The van der Waals surface area contributed by atoms with Gasteiger partial charge in [-0.05, 0) is 31.5 Å². The van der Waals surface area contributed by atoms with Gasteiger partial charge in [-0.25, -0.2) is 4.39 Å². The van der Waals surface area contributed by atoms with Gasteiger partial charge in [0.1, 0.15) is 5.82 Å². The first kappa shape index (κ1) is 14.5. The van der Waals surface area contributed by atoms with Gasteiger partial charge >= 0.3 is 0 Å². The van der Waals surface area contributed by atoms with Gasteiger partial charge < -0.3 is 5.32 Å². The van der Waals surface area contributed by atoms with Crippen molar-refractivity contribution in [3.05, 3.63) is 35.6 Å². The van der Waals surface area contributed by atoms with Crippen LogP contribution in [0.25, 0.3) is 0 Å². The van der Waals surface area contributed by atoms with Crippen LogP contribution in [0.3, 0.4) is 0 Å². The van der Waals surface area contributed by atoms with Crippen molar-refractivity contribution >= 4 is 0 Å². The lowest BCUT2D eigenvalue weighted by molar-refractivity contribution is 0.229. The smallest absolute Gasteiger partial charge is 0.127 e. The first-order chi connectivity index (χ1) is 9.20. The van der Waals surface area contributed by atoms with Crippen LogP contribution >= 0.6 is 0 Å². The molecule has 0 bridgehead atoms. The Labute approximate surface area is 116 Å². The van der Waals surface area contributed by atoms with Gasteiger partial charge in [0.15, 0.2) is 0 Å². The van der Waals surface area contributed by atoms with E-state index in [0.29, 0.717) is 12.0 Å². The van der Waals surface area contributed by atoms with Crippen LogP contribution in [-0.2, 0) is 6.54 Å². The Balaban J connectivity index is 2.01. The number of benzene rings is 1. The van der Waals surface area contributed by atoms with Gasteiger partial charge in [-0.2, -0.15) is 0 Å². The van der Waals surface area contributed by atoms with E-state index in [1.807, 2.05) is 12.1 Å². The third-order valence-corrected chi connectivity index (χ3v) is 4.20. The van der Waals surface area contributed by atoms with E-state index < -0.39 is 0 Å². The van der Waals surface area contributed by atoms with Gasteiger partial charge in [0.2, 0.25) is 0 Å². The highest BCUT2D eigenvalue weighted by molar-refractivity contribution is 5.17. The van der Waals surface area contributed by atoms with Crippen molar-refractivity contribution in [2.75, 3.05) is 19.6 Å². The Morgan fingerprint density at radius 3 is 2.95 bits per heavy atom. The number of hydrogen-bond acceptors (Lipinski definition) is 2. The molecule has 1 heterocycles. The minimum absolute atomic E-state index is 0.0835. The number of halogens is 1. The molecule has 0 spiro atoms. The molecular formula is C16H25FN2. The van der Waals surface area contributed by atoms with Crippen molar-refractivity contribution in [2.45, 2.75) is 39.3 Å². The molecule has 2 rings (SSSR count). The molecule has 0 radical (unpaired) electrons. The molecule has 1 fully saturated rings. The van der Waals surface area contributed by atoms with Gasteiger partial charge in [0, 0.05) is 24.7 Å². The van der Waals surface area contributed by atoms with Crippen molar-refractivity contribution in [3.8, 4) is 0 Å². The average molecular weight is 264 g/mol. The molecule has 2 nitrogen and oxygen atoms in total. The van der Waals surface area contributed by atoms with E-state index in [4.69, 9.17) is 0 Å². The van der Waals surface area contributed by atoms with Crippen LogP contribution in [0.2, 0.25) is 0 Å². The van der Waals surface area contributed by atoms with Crippen molar-refractivity contribution < 1.29 is 4.39 Å². The Bertz CT molecular complexity index is 394. The van der Waals surface area contributed by atoms with E-state index >= 15 is 0 Å². The van der Waals surface area contributed by atoms with Crippen molar-refractivity contribution in [1.29, 1.82) is 0 Å². The molecule has 1 N–H and O–H groups in total. The van der Waals surface area contributed by atoms with E-state index in [1.165, 1.54) is 6.42 Å². The molecule has 1 aliphatic rings. The summed E-state index contributed by atoms with van der Waals surface area (Å²) in [4.78, 5) is 2.38. The summed E-state index contributed by atoms with van der Waals surface area (Å²) in [7, 11) is 0. The maximum atomic E-state index is 13.7. The van der Waals surface area contributed by atoms with Crippen LogP contribution < -0.4 is 5.32 Å². The standard InChI is InChI=1S/C16H25FN2/c1-3-13(2)16-12-19(10-6-9-18-16)11-14-7-4-5-8-15(14)17/h4-5,7-8,13,16,18H,3,6,9-12H2,1-2H3. The first-order valence-electron chi connectivity index (χ1n) is 7.40. The molecule has 106 valence electrons. The molecule has 0 amide bonds. The lowest BCUT2D eigenvalue weighted by Gasteiger charge is -2.28. The zero-order valence-electron chi connectivity index (χ0n) is 12.0. The summed E-state index contributed by atoms with van der Waals surface area (Å²) >= 11 is 0. The molecule has 1 aromatic rings. The molecule has 1 saturated heterocycles. The highest BCUT2D eigenvalue weighted by atomic mass is 19.1. The van der Waals surface area contributed by atoms with Gasteiger partial charge in [-0.15, -0.1) is 0 Å². The fourth-order valence-corrected chi connectivity index (χ4v) is 2.70. The molecule has 1 aliphatic heterocycles. The maximum absolute atomic E-state index is 13.7. The molecule has 0 aromatic heterocycles. The molecule has 2 atom stereocenters. The van der Waals surface area contributed by atoms with Gasteiger partial charge in [0.05, 0.1) is 0 Å². The molecule has 2 unspecified atom stereocenters. The highest BCUT2D eigenvalue weighted by Gasteiger charge is 2.22. The van der Waals surface area contributed by atoms with Gasteiger partial charge in [0.25, 0.3) is 0 Å². The molecule has 19 heavy (non-hydrogen) atoms. The zero-order valence-corrected chi connectivity index (χ0v) is 12.0. The van der Waals surface area contributed by atoms with Crippen LogP contribution in [0.1, 0.15) is 32.3 Å². The molecular weight excluding hydrogens is 239 g/mol. The topological polar surface area (TPSA) is 15.3 Å². The minimum Gasteiger partial charge on any atom is -0.312 e. The summed E-state index contributed by atoms with van der Waals surface area (Å²) in [6, 6.07) is 7.65. The Hall–Kier alpha value is -0.930. The van der Waals surface area contributed by atoms with E-state index in [1.54, 1.807) is 12.1 Å². The average Bonchev–Trinajstić information content (AvgIpc) is 2.66.